The van der Waals surface area contributed by atoms with Gasteiger partial charge in [-0.3, -0.25) is 4.90 Å². The Morgan fingerprint density at radius 2 is 1.84 bits per heavy atom. The summed E-state index contributed by atoms with van der Waals surface area (Å²) in [4.78, 5) is 11.5. The van der Waals surface area contributed by atoms with E-state index in [1.807, 2.05) is 18.7 Å². The van der Waals surface area contributed by atoms with E-state index in [1.165, 1.54) is 17.5 Å². The number of aliphatic imine (C=N–C) groups is 1. The second-order valence-corrected chi connectivity index (χ2v) is 8.56. The van der Waals surface area contributed by atoms with Crippen LogP contribution in [-0.2, 0) is 17.8 Å². The molecular weight excluding hydrogens is 515 g/mol. The summed E-state index contributed by atoms with van der Waals surface area (Å²) in [5.41, 5.74) is 2.47. The van der Waals surface area contributed by atoms with Gasteiger partial charge < -0.3 is 19.9 Å². The van der Waals surface area contributed by atoms with Gasteiger partial charge in [0.25, 0.3) is 0 Å². The zero-order valence-electron chi connectivity index (χ0n) is 19.7. The molecule has 8 heteroatoms. The van der Waals surface area contributed by atoms with Crippen molar-refractivity contribution in [3.63, 3.8) is 0 Å². The molecule has 1 aliphatic heterocycles. The van der Waals surface area contributed by atoms with E-state index in [2.05, 4.69) is 70.1 Å². The van der Waals surface area contributed by atoms with Crippen LogP contribution in [0.25, 0.3) is 0 Å². The maximum atomic E-state index is 5.54. The van der Waals surface area contributed by atoms with Crippen molar-refractivity contribution in [3.05, 3.63) is 54.1 Å². The monoisotopic (exact) mass is 554 g/mol. The molecule has 7 nitrogen and oxygen atoms in total. The third-order valence-electron chi connectivity index (χ3n) is 5.52. The summed E-state index contributed by atoms with van der Waals surface area (Å²) in [5.74, 6) is 1.54. The van der Waals surface area contributed by atoms with Crippen molar-refractivity contribution in [2.24, 2.45) is 10.9 Å². The summed E-state index contributed by atoms with van der Waals surface area (Å²) in [6.07, 6.45) is 6.81. The van der Waals surface area contributed by atoms with Crippen LogP contribution in [0.1, 0.15) is 38.3 Å². The number of benzene rings is 1. The summed E-state index contributed by atoms with van der Waals surface area (Å²) < 4.78 is 7.61. The lowest BCUT2D eigenvalue weighted by atomic mass is 10.0. The van der Waals surface area contributed by atoms with E-state index in [9.17, 15) is 0 Å². The van der Waals surface area contributed by atoms with E-state index < -0.39 is 0 Å². The van der Waals surface area contributed by atoms with Crippen LogP contribution < -0.4 is 10.6 Å². The van der Waals surface area contributed by atoms with Gasteiger partial charge in [0, 0.05) is 51.2 Å². The molecule has 0 radical (unpaired) electrons. The largest absolute Gasteiger partial charge is 0.379 e. The Kier molecular flexibility index (Phi) is 12.0. The van der Waals surface area contributed by atoms with Crippen molar-refractivity contribution in [3.8, 4) is 0 Å². The molecule has 1 aromatic carbocycles. The zero-order valence-corrected chi connectivity index (χ0v) is 22.0. The van der Waals surface area contributed by atoms with E-state index >= 15 is 0 Å². The number of aromatic nitrogens is 2. The SMILES string of the molecule is CCNC(=NCc1ccc(Cn2ccnc2)cc1)NCC(CC(C)C)N1CCOCC1.I. The number of halogens is 1. The first-order valence-electron chi connectivity index (χ1n) is 11.5. The molecule has 1 saturated heterocycles. The number of morpholine rings is 1. The van der Waals surface area contributed by atoms with Crippen LogP contribution in [-0.4, -0.2) is 65.8 Å². The molecule has 0 spiro atoms. The molecule has 0 amide bonds. The highest BCUT2D eigenvalue weighted by Crippen LogP contribution is 2.13. The predicted molar refractivity (Wildman–Crippen MR) is 142 cm³/mol. The molecule has 1 aliphatic rings. The van der Waals surface area contributed by atoms with E-state index in [1.54, 1.807) is 0 Å². The van der Waals surface area contributed by atoms with Crippen LogP contribution in [0, 0.1) is 5.92 Å². The second-order valence-electron chi connectivity index (χ2n) is 8.56. The summed E-state index contributed by atoms with van der Waals surface area (Å²) in [5, 5.41) is 6.97. The van der Waals surface area contributed by atoms with Crippen molar-refractivity contribution in [1.82, 2.24) is 25.1 Å². The minimum atomic E-state index is 0. The predicted octanol–water partition coefficient (Wildman–Crippen LogP) is 3.35. The molecule has 0 bridgehead atoms. The van der Waals surface area contributed by atoms with Gasteiger partial charge in [-0.15, -0.1) is 24.0 Å². The van der Waals surface area contributed by atoms with Crippen LogP contribution in [0.15, 0.2) is 48.0 Å². The molecule has 1 unspecified atom stereocenters. The molecule has 1 fully saturated rings. The van der Waals surface area contributed by atoms with E-state index in [0.29, 0.717) is 18.5 Å². The summed E-state index contributed by atoms with van der Waals surface area (Å²) in [7, 11) is 0. The second kappa shape index (κ2) is 14.5. The van der Waals surface area contributed by atoms with Crippen molar-refractivity contribution < 1.29 is 4.74 Å². The molecular formula is C24H39IN6O. The van der Waals surface area contributed by atoms with Gasteiger partial charge in [-0.2, -0.15) is 0 Å². The van der Waals surface area contributed by atoms with E-state index in [0.717, 1.165) is 51.9 Å². The first kappa shape index (κ1) is 26.6. The number of nitrogens with zero attached hydrogens (tertiary/aromatic N) is 4. The van der Waals surface area contributed by atoms with Crippen LogP contribution >= 0.6 is 24.0 Å². The highest BCUT2D eigenvalue weighted by atomic mass is 127. The molecule has 32 heavy (non-hydrogen) atoms. The van der Waals surface area contributed by atoms with Crippen LogP contribution in [0.3, 0.4) is 0 Å². The number of ether oxygens (including phenoxy) is 1. The van der Waals surface area contributed by atoms with Gasteiger partial charge in [-0.25, -0.2) is 9.98 Å². The lowest BCUT2D eigenvalue weighted by Crippen LogP contribution is -2.51. The van der Waals surface area contributed by atoms with Crippen molar-refractivity contribution >= 4 is 29.9 Å². The first-order valence-corrected chi connectivity index (χ1v) is 11.5. The number of hydrogen-bond donors (Lipinski definition) is 2. The van der Waals surface area contributed by atoms with Gasteiger partial charge in [0.2, 0.25) is 0 Å². The van der Waals surface area contributed by atoms with Gasteiger partial charge in [0.1, 0.15) is 0 Å². The normalized spacial score (nSPS) is 15.9. The number of hydrogen-bond acceptors (Lipinski definition) is 4. The maximum Gasteiger partial charge on any atom is 0.191 e. The topological polar surface area (TPSA) is 66.7 Å². The lowest BCUT2D eigenvalue weighted by Gasteiger charge is -2.35. The highest BCUT2D eigenvalue weighted by Gasteiger charge is 2.22. The maximum absolute atomic E-state index is 5.54. The Morgan fingerprint density at radius 1 is 1.12 bits per heavy atom. The summed E-state index contributed by atoms with van der Waals surface area (Å²) in [6.45, 7) is 13.6. The minimum Gasteiger partial charge on any atom is -0.379 e. The van der Waals surface area contributed by atoms with Gasteiger partial charge in [-0.05, 0) is 30.4 Å². The van der Waals surface area contributed by atoms with Gasteiger partial charge in [0.15, 0.2) is 5.96 Å². The Hall–Kier alpha value is -1.65. The summed E-state index contributed by atoms with van der Waals surface area (Å²) >= 11 is 0. The quantitative estimate of drug-likeness (QED) is 0.268. The van der Waals surface area contributed by atoms with Gasteiger partial charge >= 0.3 is 0 Å². The average Bonchev–Trinajstić information content (AvgIpc) is 3.29. The third-order valence-corrected chi connectivity index (χ3v) is 5.52. The van der Waals surface area contributed by atoms with Gasteiger partial charge in [0.05, 0.1) is 26.1 Å². The number of imidazole rings is 1. The molecule has 1 aromatic heterocycles. The molecule has 2 N–H and O–H groups in total. The fourth-order valence-corrected chi connectivity index (χ4v) is 3.92. The molecule has 2 aromatic rings. The Bertz CT molecular complexity index is 772. The van der Waals surface area contributed by atoms with Crippen molar-refractivity contribution in [1.29, 1.82) is 0 Å². The zero-order chi connectivity index (χ0) is 21.9. The third kappa shape index (κ3) is 9.07. The number of rotatable bonds is 10. The first-order chi connectivity index (χ1) is 15.1. The smallest absolute Gasteiger partial charge is 0.191 e. The highest BCUT2D eigenvalue weighted by molar-refractivity contribution is 14.0. The van der Waals surface area contributed by atoms with Gasteiger partial charge in [-0.1, -0.05) is 38.1 Å². The van der Waals surface area contributed by atoms with Crippen molar-refractivity contribution in [2.45, 2.75) is 46.3 Å². The Labute approximate surface area is 210 Å². The molecule has 0 saturated carbocycles. The fraction of sp³-hybridized carbons (Fsp3) is 0.583. The number of nitrogens with one attached hydrogen (secondary N) is 2. The summed E-state index contributed by atoms with van der Waals surface area (Å²) in [6, 6.07) is 9.16. The molecule has 0 aliphatic carbocycles. The molecule has 178 valence electrons. The van der Waals surface area contributed by atoms with Crippen LogP contribution in [0.2, 0.25) is 0 Å². The Balaban J connectivity index is 0.00000363. The fourth-order valence-electron chi connectivity index (χ4n) is 3.92. The minimum absolute atomic E-state index is 0. The number of guanidine groups is 1. The van der Waals surface area contributed by atoms with Crippen LogP contribution in [0.5, 0.6) is 0 Å². The standard InChI is InChI=1S/C24H38N6O.HI/c1-4-26-24(28-17-23(15-20(2)3)30-11-13-31-14-12-30)27-16-21-5-7-22(8-6-21)18-29-10-9-25-19-29;/h5-10,19-20,23H,4,11-18H2,1-3H3,(H2,26,27,28);1H. The Morgan fingerprint density at radius 3 is 2.47 bits per heavy atom. The molecule has 3 rings (SSSR count). The van der Waals surface area contributed by atoms with Crippen LogP contribution in [0.4, 0.5) is 0 Å². The van der Waals surface area contributed by atoms with E-state index in [4.69, 9.17) is 9.73 Å². The average molecular weight is 555 g/mol. The van der Waals surface area contributed by atoms with Crippen molar-refractivity contribution in [2.75, 3.05) is 39.4 Å². The molecule has 2 heterocycles. The lowest BCUT2D eigenvalue weighted by molar-refractivity contribution is 0.0132. The van der Waals surface area contributed by atoms with E-state index in [-0.39, 0.29) is 24.0 Å². The molecule has 1 atom stereocenters.